The average Bonchev–Trinajstić information content (AvgIpc) is 2.99. The molecule has 1 N–H and O–H groups in total. The zero-order chi connectivity index (χ0) is 12.5. The van der Waals surface area contributed by atoms with Crippen molar-refractivity contribution < 1.29 is 13.2 Å². The van der Waals surface area contributed by atoms with Crippen molar-refractivity contribution in [3.8, 4) is 0 Å². The van der Waals surface area contributed by atoms with E-state index in [-0.39, 0.29) is 5.82 Å². The van der Waals surface area contributed by atoms with E-state index in [0.29, 0.717) is 12.5 Å². The first-order valence-corrected chi connectivity index (χ1v) is 5.68. The van der Waals surface area contributed by atoms with Crippen LogP contribution in [-0.2, 0) is 6.18 Å². The molecule has 1 aliphatic rings. The number of rotatable bonds is 4. The van der Waals surface area contributed by atoms with Crippen molar-refractivity contribution in [1.29, 1.82) is 0 Å². The molecular formula is C10H11ClF3N3. The van der Waals surface area contributed by atoms with Crippen molar-refractivity contribution in [3.05, 3.63) is 17.0 Å². The minimum Gasteiger partial charge on any atom is -0.370 e. The summed E-state index contributed by atoms with van der Waals surface area (Å²) in [6.07, 6.45) is -1.14. The molecule has 0 atom stereocenters. The lowest BCUT2D eigenvalue weighted by atomic mass is 10.3. The highest BCUT2D eigenvalue weighted by atomic mass is 35.5. The Labute approximate surface area is 101 Å². The number of hydrogen-bond donors (Lipinski definition) is 1. The maximum Gasteiger partial charge on any atom is 0.433 e. The van der Waals surface area contributed by atoms with Crippen molar-refractivity contribution in [1.82, 2.24) is 9.97 Å². The van der Waals surface area contributed by atoms with Crippen LogP contribution >= 0.6 is 11.6 Å². The molecule has 0 bridgehead atoms. The van der Waals surface area contributed by atoms with Gasteiger partial charge in [0, 0.05) is 12.6 Å². The number of halogens is 4. The second-order valence-electron chi connectivity index (χ2n) is 4.06. The van der Waals surface area contributed by atoms with Crippen LogP contribution in [0.15, 0.2) is 6.07 Å². The fourth-order valence-corrected chi connectivity index (χ4v) is 1.65. The van der Waals surface area contributed by atoms with E-state index in [9.17, 15) is 13.2 Å². The predicted molar refractivity (Wildman–Crippen MR) is 57.9 cm³/mol. The molecule has 2 rings (SSSR count). The first-order chi connectivity index (χ1) is 7.95. The van der Waals surface area contributed by atoms with Crippen molar-refractivity contribution in [2.45, 2.75) is 25.4 Å². The molecule has 1 aromatic rings. The molecule has 1 heterocycles. The van der Waals surface area contributed by atoms with Gasteiger partial charge in [-0.15, -0.1) is 0 Å². The second-order valence-corrected chi connectivity index (χ2v) is 4.40. The summed E-state index contributed by atoms with van der Waals surface area (Å²) in [4.78, 5) is 6.86. The number of alkyl halides is 3. The van der Waals surface area contributed by atoms with Crippen LogP contribution in [0.4, 0.5) is 19.0 Å². The van der Waals surface area contributed by atoms with E-state index in [1.54, 1.807) is 0 Å². The minimum atomic E-state index is -4.50. The van der Waals surface area contributed by atoms with Crippen LogP contribution in [0.2, 0.25) is 5.28 Å². The maximum absolute atomic E-state index is 12.4. The molecular weight excluding hydrogens is 255 g/mol. The summed E-state index contributed by atoms with van der Waals surface area (Å²) in [5, 5.41) is 2.44. The molecule has 0 spiro atoms. The lowest BCUT2D eigenvalue weighted by molar-refractivity contribution is -0.141. The Morgan fingerprint density at radius 2 is 2.06 bits per heavy atom. The lowest BCUT2D eigenvalue weighted by Gasteiger charge is -2.09. The van der Waals surface area contributed by atoms with E-state index < -0.39 is 17.2 Å². The first-order valence-electron chi connectivity index (χ1n) is 5.31. The molecule has 0 amide bonds. The van der Waals surface area contributed by atoms with Gasteiger partial charge in [0.25, 0.3) is 0 Å². The summed E-state index contributed by atoms with van der Waals surface area (Å²) in [7, 11) is 0. The van der Waals surface area contributed by atoms with Crippen LogP contribution in [0.3, 0.4) is 0 Å². The molecule has 0 radical (unpaired) electrons. The zero-order valence-corrected chi connectivity index (χ0v) is 9.65. The highest BCUT2D eigenvalue weighted by Crippen LogP contribution is 2.32. The summed E-state index contributed by atoms with van der Waals surface area (Å²) in [5.74, 6) is 0.833. The molecule has 1 fully saturated rings. The summed E-state index contributed by atoms with van der Waals surface area (Å²) in [6.45, 7) is 0.606. The SMILES string of the molecule is FC(F)(F)c1cc(NCCC2CC2)nc(Cl)n1. The zero-order valence-electron chi connectivity index (χ0n) is 8.89. The number of aromatic nitrogens is 2. The lowest BCUT2D eigenvalue weighted by Crippen LogP contribution is -2.11. The smallest absolute Gasteiger partial charge is 0.370 e. The molecule has 94 valence electrons. The quantitative estimate of drug-likeness (QED) is 0.849. The van der Waals surface area contributed by atoms with Crippen LogP contribution in [0.5, 0.6) is 0 Å². The number of anilines is 1. The number of nitrogens with one attached hydrogen (secondary N) is 1. The van der Waals surface area contributed by atoms with Gasteiger partial charge in [-0.05, 0) is 23.9 Å². The van der Waals surface area contributed by atoms with Gasteiger partial charge in [0.2, 0.25) is 5.28 Å². The van der Waals surface area contributed by atoms with Gasteiger partial charge < -0.3 is 5.32 Å². The molecule has 17 heavy (non-hydrogen) atoms. The van der Waals surface area contributed by atoms with E-state index in [0.717, 1.165) is 12.5 Å². The third-order valence-corrected chi connectivity index (χ3v) is 2.71. The molecule has 0 aliphatic heterocycles. The fourth-order valence-electron chi connectivity index (χ4n) is 1.46. The Kier molecular flexibility index (Phi) is 3.42. The highest BCUT2D eigenvalue weighted by Gasteiger charge is 2.33. The van der Waals surface area contributed by atoms with Crippen LogP contribution in [0.25, 0.3) is 0 Å². The Balaban J connectivity index is 2.02. The Morgan fingerprint density at radius 1 is 1.35 bits per heavy atom. The standard InChI is InChI=1S/C10H11ClF3N3/c11-9-16-7(10(12,13)14)5-8(17-9)15-4-3-6-1-2-6/h5-6H,1-4H2,(H,15,16,17). The van der Waals surface area contributed by atoms with Crippen molar-refractivity contribution in [3.63, 3.8) is 0 Å². The summed E-state index contributed by atoms with van der Waals surface area (Å²) in [5.41, 5.74) is -1.02. The molecule has 0 unspecified atom stereocenters. The summed E-state index contributed by atoms with van der Waals surface area (Å²) >= 11 is 5.45. The van der Waals surface area contributed by atoms with Crippen molar-refractivity contribution >= 4 is 17.4 Å². The van der Waals surface area contributed by atoms with E-state index in [2.05, 4.69) is 15.3 Å². The Morgan fingerprint density at radius 3 is 2.65 bits per heavy atom. The number of nitrogens with zero attached hydrogens (tertiary/aromatic N) is 2. The van der Waals surface area contributed by atoms with Gasteiger partial charge in [-0.3, -0.25) is 0 Å². The normalized spacial score (nSPS) is 16.0. The van der Waals surface area contributed by atoms with Gasteiger partial charge >= 0.3 is 6.18 Å². The van der Waals surface area contributed by atoms with E-state index in [1.165, 1.54) is 12.8 Å². The fraction of sp³-hybridized carbons (Fsp3) is 0.600. The minimum absolute atomic E-state index is 0.123. The Hall–Kier alpha value is -1.04. The topological polar surface area (TPSA) is 37.8 Å². The van der Waals surface area contributed by atoms with E-state index in [4.69, 9.17) is 11.6 Å². The molecule has 0 aromatic carbocycles. The molecule has 7 heteroatoms. The van der Waals surface area contributed by atoms with Crippen LogP contribution < -0.4 is 5.32 Å². The van der Waals surface area contributed by atoms with Crippen molar-refractivity contribution in [2.24, 2.45) is 5.92 Å². The van der Waals surface area contributed by atoms with Gasteiger partial charge in [0.15, 0.2) is 5.69 Å². The number of hydrogen-bond acceptors (Lipinski definition) is 3. The van der Waals surface area contributed by atoms with Gasteiger partial charge in [-0.2, -0.15) is 13.2 Å². The van der Waals surface area contributed by atoms with Gasteiger partial charge in [0.1, 0.15) is 5.82 Å². The largest absolute Gasteiger partial charge is 0.433 e. The molecule has 1 aromatic heterocycles. The highest BCUT2D eigenvalue weighted by molar-refractivity contribution is 6.28. The second kappa shape index (κ2) is 4.68. The Bertz CT molecular complexity index is 404. The first kappa shape index (κ1) is 12.4. The third kappa shape index (κ3) is 3.73. The maximum atomic E-state index is 12.4. The molecule has 1 aliphatic carbocycles. The third-order valence-electron chi connectivity index (χ3n) is 2.54. The van der Waals surface area contributed by atoms with E-state index in [1.807, 2.05) is 0 Å². The monoisotopic (exact) mass is 265 g/mol. The summed E-state index contributed by atoms with van der Waals surface area (Å²) in [6, 6.07) is 0.874. The van der Waals surface area contributed by atoms with Crippen molar-refractivity contribution in [2.75, 3.05) is 11.9 Å². The van der Waals surface area contributed by atoms with Crippen LogP contribution in [0, 0.1) is 5.92 Å². The predicted octanol–water partition coefficient (Wildman–Crippen LogP) is 3.36. The molecule has 3 nitrogen and oxygen atoms in total. The van der Waals surface area contributed by atoms with E-state index >= 15 is 0 Å². The summed E-state index contributed by atoms with van der Waals surface area (Å²) < 4.78 is 37.3. The van der Waals surface area contributed by atoms with Gasteiger partial charge in [0.05, 0.1) is 0 Å². The van der Waals surface area contributed by atoms with Crippen LogP contribution in [0.1, 0.15) is 25.0 Å². The average molecular weight is 266 g/mol. The van der Waals surface area contributed by atoms with Gasteiger partial charge in [-0.25, -0.2) is 9.97 Å². The van der Waals surface area contributed by atoms with Crippen LogP contribution in [-0.4, -0.2) is 16.5 Å². The molecule has 0 saturated heterocycles. The van der Waals surface area contributed by atoms with Gasteiger partial charge in [-0.1, -0.05) is 12.8 Å². The molecule has 1 saturated carbocycles.